The van der Waals surface area contributed by atoms with Gasteiger partial charge >= 0.3 is 0 Å². The molecule has 7 heteroatoms. The summed E-state index contributed by atoms with van der Waals surface area (Å²) in [6.45, 7) is 8.98. The highest BCUT2D eigenvalue weighted by Crippen LogP contribution is 2.36. The molecule has 3 saturated heterocycles. The molecule has 0 radical (unpaired) electrons. The molecular formula is C16H31N3O3S. The van der Waals surface area contributed by atoms with Crippen LogP contribution in [0.1, 0.15) is 32.6 Å². The van der Waals surface area contributed by atoms with Gasteiger partial charge in [-0.1, -0.05) is 26.2 Å². The number of fused-ring (bicyclic) bond motifs is 2. The van der Waals surface area contributed by atoms with Gasteiger partial charge in [0.15, 0.2) is 0 Å². The van der Waals surface area contributed by atoms with E-state index in [1.54, 1.807) is 4.31 Å². The summed E-state index contributed by atoms with van der Waals surface area (Å²) in [4.78, 5) is 5.04. The number of nitrogens with zero attached hydrogens (tertiary/aromatic N) is 3. The minimum atomic E-state index is -3.13. The topological polar surface area (TPSA) is 53.1 Å². The van der Waals surface area contributed by atoms with Gasteiger partial charge in [0.25, 0.3) is 0 Å². The van der Waals surface area contributed by atoms with Crippen LogP contribution in [0, 0.1) is 0 Å². The molecule has 3 fully saturated rings. The number of piperazine rings is 1. The van der Waals surface area contributed by atoms with Gasteiger partial charge in [0.05, 0.1) is 25.0 Å². The Hall–Kier alpha value is -0.210. The lowest BCUT2D eigenvalue weighted by molar-refractivity contribution is -0.152. The van der Waals surface area contributed by atoms with E-state index in [0.717, 1.165) is 32.8 Å². The first-order valence-electron chi connectivity index (χ1n) is 8.96. The molecule has 0 amide bonds. The van der Waals surface area contributed by atoms with Crippen LogP contribution in [0.4, 0.5) is 0 Å². The van der Waals surface area contributed by atoms with Crippen molar-refractivity contribution in [2.45, 2.75) is 44.2 Å². The van der Waals surface area contributed by atoms with Crippen molar-refractivity contribution in [1.29, 1.82) is 0 Å². The van der Waals surface area contributed by atoms with Crippen LogP contribution < -0.4 is 0 Å². The number of morpholine rings is 1. The number of hydrogen-bond donors (Lipinski definition) is 0. The van der Waals surface area contributed by atoms with Crippen LogP contribution >= 0.6 is 0 Å². The summed E-state index contributed by atoms with van der Waals surface area (Å²) < 4.78 is 31.4. The van der Waals surface area contributed by atoms with Crippen LogP contribution in [0.25, 0.3) is 0 Å². The average Bonchev–Trinajstić information content (AvgIpc) is 2.48. The predicted molar refractivity (Wildman–Crippen MR) is 91.0 cm³/mol. The second kappa shape index (κ2) is 6.96. The summed E-state index contributed by atoms with van der Waals surface area (Å²) >= 11 is 0. The van der Waals surface area contributed by atoms with Gasteiger partial charge in [-0.2, -0.15) is 4.31 Å². The van der Waals surface area contributed by atoms with E-state index >= 15 is 0 Å². The van der Waals surface area contributed by atoms with Gasteiger partial charge in [0.2, 0.25) is 10.0 Å². The van der Waals surface area contributed by atoms with Crippen LogP contribution in [0.15, 0.2) is 0 Å². The quantitative estimate of drug-likeness (QED) is 0.660. The van der Waals surface area contributed by atoms with Crippen LogP contribution in [0.2, 0.25) is 0 Å². The Morgan fingerprint density at radius 3 is 2.65 bits per heavy atom. The van der Waals surface area contributed by atoms with Crippen molar-refractivity contribution in [3.63, 3.8) is 0 Å². The molecule has 3 heterocycles. The minimum Gasteiger partial charge on any atom is -0.378 e. The van der Waals surface area contributed by atoms with Crippen LogP contribution in [0.5, 0.6) is 0 Å². The third kappa shape index (κ3) is 3.74. The molecule has 6 nitrogen and oxygen atoms in total. The zero-order chi connectivity index (χ0) is 16.5. The molecule has 0 saturated carbocycles. The van der Waals surface area contributed by atoms with Crippen molar-refractivity contribution in [1.82, 2.24) is 14.1 Å². The Morgan fingerprint density at radius 1 is 1.17 bits per heavy atom. The molecule has 1 unspecified atom stereocenters. The molecule has 3 aliphatic heterocycles. The first-order chi connectivity index (χ1) is 10.9. The molecule has 1 atom stereocenters. The molecule has 134 valence electrons. The molecule has 1 spiro atoms. The highest BCUT2D eigenvalue weighted by Gasteiger charge is 2.55. The smallest absolute Gasteiger partial charge is 0.211 e. The van der Waals surface area contributed by atoms with Crippen molar-refractivity contribution >= 4 is 10.0 Å². The second-order valence-electron chi connectivity index (χ2n) is 7.47. The van der Waals surface area contributed by atoms with Crippen molar-refractivity contribution < 1.29 is 13.2 Å². The zero-order valence-electron chi connectivity index (χ0n) is 14.5. The van der Waals surface area contributed by atoms with Gasteiger partial charge in [-0.05, 0) is 13.0 Å². The van der Waals surface area contributed by atoms with Gasteiger partial charge in [-0.25, -0.2) is 8.42 Å². The van der Waals surface area contributed by atoms with Gasteiger partial charge in [0.1, 0.15) is 0 Å². The summed E-state index contributed by atoms with van der Waals surface area (Å²) in [7, 11) is -3.13. The van der Waals surface area contributed by atoms with Crippen LogP contribution in [-0.4, -0.2) is 92.8 Å². The predicted octanol–water partition coefficient (Wildman–Crippen LogP) is 0.597. The molecule has 0 aromatic rings. The fraction of sp³-hybridized carbons (Fsp3) is 1.00. The van der Waals surface area contributed by atoms with Crippen LogP contribution in [-0.2, 0) is 14.8 Å². The average molecular weight is 346 g/mol. The van der Waals surface area contributed by atoms with E-state index in [1.807, 2.05) is 0 Å². The SMILES string of the molecule is CCCCCCN1CC2(C1)CN(S(C)(=O)=O)CC1COCCN12. The molecule has 3 aliphatic rings. The standard InChI is InChI=1S/C16H31N3O3S/c1-3-4-5-6-7-17-12-16(13-17)14-18(23(2,20)21)10-15-11-22-9-8-19(15)16/h15H,3-14H2,1-2H3. The minimum absolute atomic E-state index is 0.0144. The lowest BCUT2D eigenvalue weighted by Gasteiger charge is -2.63. The fourth-order valence-corrected chi connectivity index (χ4v) is 5.31. The lowest BCUT2D eigenvalue weighted by Crippen LogP contribution is -2.80. The van der Waals surface area contributed by atoms with Crippen molar-refractivity contribution in [3.05, 3.63) is 0 Å². The molecule has 0 bridgehead atoms. The Balaban J connectivity index is 1.62. The number of ether oxygens (including phenoxy) is 1. The highest BCUT2D eigenvalue weighted by atomic mass is 32.2. The Kier molecular flexibility index (Phi) is 5.33. The highest BCUT2D eigenvalue weighted by molar-refractivity contribution is 7.88. The molecular weight excluding hydrogens is 314 g/mol. The largest absolute Gasteiger partial charge is 0.378 e. The summed E-state index contributed by atoms with van der Waals surface area (Å²) in [5.41, 5.74) is 0.0144. The second-order valence-corrected chi connectivity index (χ2v) is 9.46. The first-order valence-corrected chi connectivity index (χ1v) is 10.8. The molecule has 3 rings (SSSR count). The third-order valence-electron chi connectivity index (χ3n) is 5.55. The summed E-state index contributed by atoms with van der Waals surface area (Å²) in [5, 5.41) is 0. The third-order valence-corrected chi connectivity index (χ3v) is 6.77. The fourth-order valence-electron chi connectivity index (χ4n) is 4.39. The van der Waals surface area contributed by atoms with E-state index in [0.29, 0.717) is 19.7 Å². The Bertz CT molecular complexity index is 505. The number of likely N-dealkylation sites (tertiary alicyclic amines) is 1. The summed E-state index contributed by atoms with van der Waals surface area (Å²) in [5.74, 6) is 0. The molecule has 0 aliphatic carbocycles. The maximum atomic E-state index is 12.1. The van der Waals surface area contributed by atoms with E-state index in [1.165, 1.54) is 31.9 Å². The van der Waals surface area contributed by atoms with Crippen LogP contribution in [0.3, 0.4) is 0 Å². The maximum Gasteiger partial charge on any atom is 0.211 e. The first kappa shape index (κ1) is 17.6. The van der Waals surface area contributed by atoms with Crippen molar-refractivity contribution in [3.8, 4) is 0 Å². The molecule has 23 heavy (non-hydrogen) atoms. The van der Waals surface area contributed by atoms with Gasteiger partial charge < -0.3 is 4.74 Å². The number of unbranched alkanes of at least 4 members (excludes halogenated alkanes) is 3. The van der Waals surface area contributed by atoms with Crippen molar-refractivity contribution in [2.24, 2.45) is 0 Å². The van der Waals surface area contributed by atoms with E-state index in [4.69, 9.17) is 4.74 Å². The molecule has 0 aromatic heterocycles. The van der Waals surface area contributed by atoms with Crippen molar-refractivity contribution in [2.75, 3.05) is 58.7 Å². The normalized spacial score (nSPS) is 29.4. The summed E-state index contributed by atoms with van der Waals surface area (Å²) in [6, 6.07) is 0.217. The van der Waals surface area contributed by atoms with E-state index in [9.17, 15) is 8.42 Å². The molecule has 0 aromatic carbocycles. The van der Waals surface area contributed by atoms with E-state index in [2.05, 4.69) is 16.7 Å². The number of sulfonamides is 1. The van der Waals surface area contributed by atoms with E-state index in [-0.39, 0.29) is 11.6 Å². The van der Waals surface area contributed by atoms with E-state index < -0.39 is 10.0 Å². The lowest BCUT2D eigenvalue weighted by atomic mass is 9.83. The molecule has 0 N–H and O–H groups in total. The van der Waals surface area contributed by atoms with Gasteiger partial charge in [0, 0.05) is 38.8 Å². The number of hydrogen-bond acceptors (Lipinski definition) is 5. The monoisotopic (exact) mass is 345 g/mol. The zero-order valence-corrected chi connectivity index (χ0v) is 15.4. The Labute approximate surface area is 140 Å². The Morgan fingerprint density at radius 2 is 1.96 bits per heavy atom. The van der Waals surface area contributed by atoms with Gasteiger partial charge in [-0.15, -0.1) is 0 Å². The number of rotatable bonds is 6. The summed E-state index contributed by atoms with van der Waals surface area (Å²) in [6.07, 6.45) is 6.47. The van der Waals surface area contributed by atoms with Gasteiger partial charge in [-0.3, -0.25) is 9.80 Å². The maximum absolute atomic E-state index is 12.1.